The number of benzene rings is 1. The van der Waals surface area contributed by atoms with Gasteiger partial charge in [0.25, 0.3) is 5.91 Å². The fraction of sp³-hybridized carbons (Fsp3) is 0.381. The Morgan fingerprint density at radius 3 is 2.38 bits per heavy atom. The summed E-state index contributed by atoms with van der Waals surface area (Å²) in [5.74, 6) is -2.10. The van der Waals surface area contributed by atoms with Crippen LogP contribution in [0, 0.1) is 0 Å². The molecule has 32 heavy (non-hydrogen) atoms. The number of hydrogen-bond donors (Lipinski definition) is 2. The number of hydrogen-bond acceptors (Lipinski definition) is 9. The van der Waals surface area contributed by atoms with E-state index < -0.39 is 42.0 Å². The smallest absolute Gasteiger partial charge is 0.412 e. The van der Waals surface area contributed by atoms with Crippen LogP contribution in [-0.4, -0.2) is 50.7 Å². The minimum absolute atomic E-state index is 0.0384. The van der Waals surface area contributed by atoms with E-state index in [0.29, 0.717) is 4.57 Å². The Morgan fingerprint density at radius 1 is 1.19 bits per heavy atom. The lowest BCUT2D eigenvalue weighted by Crippen LogP contribution is -2.50. The maximum atomic E-state index is 12.7. The van der Waals surface area contributed by atoms with Crippen molar-refractivity contribution in [2.24, 2.45) is 5.73 Å². The topological polar surface area (TPSA) is 160 Å². The van der Waals surface area contributed by atoms with Gasteiger partial charge in [-0.1, -0.05) is 30.3 Å². The van der Waals surface area contributed by atoms with E-state index in [0.717, 1.165) is 16.7 Å². The lowest BCUT2D eigenvalue weighted by atomic mass is 10.2. The van der Waals surface area contributed by atoms with E-state index in [2.05, 4.69) is 4.98 Å². The Hall–Kier alpha value is -3.73. The molecule has 0 aliphatic heterocycles. The quantitative estimate of drug-likeness (QED) is 0.494. The first-order valence-corrected chi connectivity index (χ1v) is 9.77. The van der Waals surface area contributed by atoms with Gasteiger partial charge in [-0.15, -0.1) is 0 Å². The summed E-state index contributed by atoms with van der Waals surface area (Å²) in [6, 6.07) is 8.91. The van der Waals surface area contributed by atoms with Crippen LogP contribution < -0.4 is 17.2 Å². The molecule has 0 aliphatic carbocycles. The van der Waals surface area contributed by atoms with Crippen LogP contribution in [0.15, 0.2) is 41.3 Å². The highest BCUT2D eigenvalue weighted by atomic mass is 16.6. The van der Waals surface area contributed by atoms with Crippen molar-refractivity contribution in [3.8, 4) is 0 Å². The second-order valence-electron chi connectivity index (χ2n) is 8.00. The van der Waals surface area contributed by atoms with Crippen molar-refractivity contribution in [2.45, 2.75) is 46.1 Å². The van der Waals surface area contributed by atoms with Crippen molar-refractivity contribution in [3.05, 3.63) is 58.1 Å². The molecule has 1 amide bonds. The number of nitrogen functional groups attached to an aromatic ring is 1. The zero-order valence-electron chi connectivity index (χ0n) is 18.4. The third-order valence-corrected chi connectivity index (χ3v) is 4.08. The molecule has 0 radical (unpaired) electrons. The number of nitrogens with two attached hydrogens (primary N) is 2. The predicted molar refractivity (Wildman–Crippen MR) is 116 cm³/mol. The molecule has 2 aromatic rings. The van der Waals surface area contributed by atoms with Gasteiger partial charge in [-0.2, -0.15) is 4.98 Å². The predicted octanol–water partition coefficient (Wildman–Crippen LogP) is 1.36. The normalized spacial score (nSPS) is 12.0. The van der Waals surface area contributed by atoms with E-state index in [1.165, 1.54) is 6.92 Å². The van der Waals surface area contributed by atoms with E-state index in [9.17, 15) is 19.2 Å². The van der Waals surface area contributed by atoms with Crippen LogP contribution in [0.4, 0.5) is 10.6 Å². The number of carbonyl (C=O) groups is 3. The highest BCUT2D eigenvalue weighted by Crippen LogP contribution is 2.12. The highest BCUT2D eigenvalue weighted by Gasteiger charge is 2.28. The zero-order valence-corrected chi connectivity index (χ0v) is 18.4. The van der Waals surface area contributed by atoms with Crippen LogP contribution in [0.2, 0.25) is 0 Å². The maximum Gasteiger partial charge on any atom is 0.412 e. The summed E-state index contributed by atoms with van der Waals surface area (Å²) in [5.41, 5.74) is 10.1. The summed E-state index contributed by atoms with van der Waals surface area (Å²) in [6.07, 6.45) is -0.782. The van der Waals surface area contributed by atoms with Gasteiger partial charge >= 0.3 is 17.8 Å². The molecule has 1 aromatic carbocycles. The summed E-state index contributed by atoms with van der Waals surface area (Å²) >= 11 is 0. The number of anilines is 1. The van der Waals surface area contributed by atoms with Gasteiger partial charge in [0.05, 0.1) is 6.17 Å². The van der Waals surface area contributed by atoms with Crippen molar-refractivity contribution < 1.29 is 23.9 Å². The molecule has 11 heteroatoms. The van der Waals surface area contributed by atoms with Crippen molar-refractivity contribution in [2.75, 3.05) is 12.3 Å². The van der Waals surface area contributed by atoms with E-state index in [1.807, 2.05) is 6.07 Å². The molecule has 11 nitrogen and oxygen atoms in total. The number of esters is 1. The van der Waals surface area contributed by atoms with Crippen molar-refractivity contribution in [1.29, 1.82) is 0 Å². The third kappa shape index (κ3) is 6.64. The molecule has 0 bridgehead atoms. The number of ether oxygens (including phenoxy) is 2. The van der Waals surface area contributed by atoms with Gasteiger partial charge in [0.2, 0.25) is 0 Å². The molecule has 2 rings (SSSR count). The van der Waals surface area contributed by atoms with Crippen molar-refractivity contribution in [1.82, 2.24) is 14.5 Å². The van der Waals surface area contributed by atoms with E-state index >= 15 is 0 Å². The largest absolute Gasteiger partial charge is 0.457 e. The van der Waals surface area contributed by atoms with Gasteiger partial charge in [-0.3, -0.25) is 9.69 Å². The van der Waals surface area contributed by atoms with E-state index in [1.54, 1.807) is 45.0 Å². The van der Waals surface area contributed by atoms with Gasteiger partial charge < -0.3 is 20.9 Å². The van der Waals surface area contributed by atoms with Crippen molar-refractivity contribution in [3.63, 3.8) is 0 Å². The van der Waals surface area contributed by atoms with Crippen LogP contribution in [0.25, 0.3) is 0 Å². The minimum atomic E-state index is -1.01. The summed E-state index contributed by atoms with van der Waals surface area (Å²) in [6.45, 7) is 5.84. The van der Waals surface area contributed by atoms with Crippen LogP contribution in [0.1, 0.15) is 48.4 Å². The first kappa shape index (κ1) is 24.5. The highest BCUT2D eigenvalue weighted by molar-refractivity contribution is 5.95. The molecule has 0 saturated carbocycles. The second kappa shape index (κ2) is 10.1. The Labute approximate surface area is 184 Å². The number of aromatic nitrogens is 2. The molecule has 4 N–H and O–H groups in total. The number of nitrogens with zero attached hydrogens (tertiary/aromatic N) is 3. The summed E-state index contributed by atoms with van der Waals surface area (Å²) in [7, 11) is 0. The second-order valence-corrected chi connectivity index (χ2v) is 8.00. The SMILES string of the molecule is CC(N)N(CC(=O)n1cc(C(=O)OCc2ccccc2)c(N)nc1=O)C(=O)OC(C)(C)C. The van der Waals surface area contributed by atoms with Gasteiger partial charge in [0.1, 0.15) is 30.1 Å². The molecular weight excluding hydrogens is 418 g/mol. The lowest BCUT2D eigenvalue weighted by Gasteiger charge is -2.29. The van der Waals surface area contributed by atoms with Crippen LogP contribution in [0.5, 0.6) is 0 Å². The monoisotopic (exact) mass is 445 g/mol. The van der Waals surface area contributed by atoms with Gasteiger partial charge in [-0.25, -0.2) is 19.0 Å². The van der Waals surface area contributed by atoms with Gasteiger partial charge in [-0.05, 0) is 33.3 Å². The fourth-order valence-electron chi connectivity index (χ4n) is 2.52. The molecule has 1 unspecified atom stereocenters. The average Bonchev–Trinajstić information content (AvgIpc) is 2.69. The summed E-state index contributed by atoms with van der Waals surface area (Å²) in [5, 5.41) is 0. The Morgan fingerprint density at radius 2 is 1.81 bits per heavy atom. The summed E-state index contributed by atoms with van der Waals surface area (Å²) in [4.78, 5) is 54.3. The van der Waals surface area contributed by atoms with Crippen LogP contribution in [-0.2, 0) is 16.1 Å². The van der Waals surface area contributed by atoms with Crippen LogP contribution >= 0.6 is 0 Å². The van der Waals surface area contributed by atoms with E-state index in [-0.39, 0.29) is 18.0 Å². The summed E-state index contributed by atoms with van der Waals surface area (Å²) < 4.78 is 11.0. The van der Waals surface area contributed by atoms with Gasteiger partial charge in [0, 0.05) is 6.20 Å². The van der Waals surface area contributed by atoms with Gasteiger partial charge in [0.15, 0.2) is 0 Å². The molecular formula is C21H27N5O6. The standard InChI is InChI=1S/C21H27N5O6/c1-13(22)25(20(30)32-21(2,3)4)11-16(27)26-10-15(17(23)24-19(26)29)18(28)31-12-14-8-6-5-7-9-14/h5-10,13H,11-12,22H2,1-4H3,(H2,23,24,29). The molecule has 0 fully saturated rings. The fourth-order valence-corrected chi connectivity index (χ4v) is 2.52. The minimum Gasteiger partial charge on any atom is -0.457 e. The number of amides is 1. The lowest BCUT2D eigenvalue weighted by molar-refractivity contribution is 0.0171. The van der Waals surface area contributed by atoms with Crippen LogP contribution in [0.3, 0.4) is 0 Å². The molecule has 1 atom stereocenters. The zero-order chi connectivity index (χ0) is 24.1. The molecule has 1 heterocycles. The van der Waals surface area contributed by atoms with Crippen molar-refractivity contribution >= 4 is 23.8 Å². The molecule has 0 spiro atoms. The number of rotatable bonds is 6. The molecule has 172 valence electrons. The molecule has 1 aromatic heterocycles. The third-order valence-electron chi connectivity index (χ3n) is 4.08. The Bertz CT molecular complexity index is 1040. The molecule has 0 saturated heterocycles. The average molecular weight is 445 g/mol. The first-order chi connectivity index (χ1) is 14.9. The number of carbonyl (C=O) groups excluding carboxylic acids is 3. The van der Waals surface area contributed by atoms with E-state index in [4.69, 9.17) is 20.9 Å². The Balaban J connectivity index is 2.23. The first-order valence-electron chi connectivity index (χ1n) is 9.77. The Kier molecular flexibility index (Phi) is 7.71. The maximum absolute atomic E-state index is 12.7. The molecule has 0 aliphatic rings.